The number of piperidine rings is 1. The number of carbonyl (C=O) groups excluding carboxylic acids is 1. The van der Waals surface area contributed by atoms with E-state index in [-0.39, 0.29) is 23.8 Å². The van der Waals surface area contributed by atoms with Gasteiger partial charge in [-0.15, -0.1) is 0 Å². The first kappa shape index (κ1) is 13.5. The van der Waals surface area contributed by atoms with Gasteiger partial charge in [0.25, 0.3) is 0 Å². The number of aromatic nitrogens is 1. The Kier molecular flexibility index (Phi) is 3.46. The van der Waals surface area contributed by atoms with Gasteiger partial charge < -0.3 is 4.74 Å². The molecule has 0 N–H and O–H groups in total. The summed E-state index contributed by atoms with van der Waals surface area (Å²) < 4.78 is 18.0. The van der Waals surface area contributed by atoms with Crippen molar-refractivity contribution in [2.75, 3.05) is 14.2 Å². The molecule has 0 amide bonds. The minimum absolute atomic E-state index is 0.0734. The number of hydrogen-bond donors (Lipinski definition) is 0. The van der Waals surface area contributed by atoms with Crippen molar-refractivity contribution in [3.8, 4) is 0 Å². The SMILES string of the molecule is COC(=O)[C@H]1C(c2ccc(F)nc2)C[C@H]2CCC1N2C. The number of methoxy groups -OCH3 is 1. The van der Waals surface area contributed by atoms with Crippen LogP contribution in [0.5, 0.6) is 0 Å². The fraction of sp³-hybridized carbons (Fsp3) is 0.600. The molecular formula is C15H19FN2O2. The van der Waals surface area contributed by atoms with Gasteiger partial charge in [-0.1, -0.05) is 6.07 Å². The minimum Gasteiger partial charge on any atom is -0.469 e. The van der Waals surface area contributed by atoms with E-state index < -0.39 is 5.95 Å². The van der Waals surface area contributed by atoms with Crippen LogP contribution in [0.1, 0.15) is 30.7 Å². The summed E-state index contributed by atoms with van der Waals surface area (Å²) in [6.07, 6.45) is 4.59. The van der Waals surface area contributed by atoms with Crippen LogP contribution < -0.4 is 0 Å². The summed E-state index contributed by atoms with van der Waals surface area (Å²) in [6.45, 7) is 0. The van der Waals surface area contributed by atoms with Gasteiger partial charge in [0.1, 0.15) is 0 Å². The molecule has 108 valence electrons. The zero-order chi connectivity index (χ0) is 14.3. The molecule has 2 bridgehead atoms. The second kappa shape index (κ2) is 5.13. The summed E-state index contributed by atoms with van der Waals surface area (Å²) >= 11 is 0. The van der Waals surface area contributed by atoms with Gasteiger partial charge >= 0.3 is 5.97 Å². The maximum Gasteiger partial charge on any atom is 0.310 e. The molecule has 1 aromatic heterocycles. The lowest BCUT2D eigenvalue weighted by atomic mass is 9.76. The Hall–Kier alpha value is -1.49. The van der Waals surface area contributed by atoms with Crippen molar-refractivity contribution in [3.63, 3.8) is 0 Å². The van der Waals surface area contributed by atoms with E-state index in [1.54, 1.807) is 12.3 Å². The predicted octanol–water partition coefficient (Wildman–Crippen LogP) is 1.96. The zero-order valence-corrected chi connectivity index (χ0v) is 11.8. The maximum absolute atomic E-state index is 13.0. The van der Waals surface area contributed by atoms with Crippen molar-refractivity contribution >= 4 is 5.97 Å². The Balaban J connectivity index is 1.95. The van der Waals surface area contributed by atoms with E-state index in [4.69, 9.17) is 4.74 Å². The van der Waals surface area contributed by atoms with Crippen LogP contribution >= 0.6 is 0 Å². The van der Waals surface area contributed by atoms with Gasteiger partial charge in [0, 0.05) is 24.2 Å². The molecule has 5 heteroatoms. The molecule has 0 spiro atoms. The number of esters is 1. The van der Waals surface area contributed by atoms with Crippen LogP contribution in [0.25, 0.3) is 0 Å². The van der Waals surface area contributed by atoms with Crippen LogP contribution in [0.4, 0.5) is 4.39 Å². The normalized spacial score (nSPS) is 33.1. The van der Waals surface area contributed by atoms with Crippen LogP contribution in [-0.4, -0.2) is 42.1 Å². The molecule has 0 radical (unpaired) electrons. The largest absolute Gasteiger partial charge is 0.469 e. The number of rotatable bonds is 2. The monoisotopic (exact) mass is 278 g/mol. The van der Waals surface area contributed by atoms with Gasteiger partial charge in [0.2, 0.25) is 5.95 Å². The standard InChI is InChI=1S/C15H19FN2O2/c1-18-10-4-5-12(18)14(15(19)20-2)11(7-10)9-3-6-13(16)17-8-9/h3,6,8,10-12,14H,4-5,7H2,1-2H3/t10-,11?,12?,14+/m1/s1. The van der Waals surface area contributed by atoms with Crippen LogP contribution in [0, 0.1) is 11.9 Å². The van der Waals surface area contributed by atoms with Gasteiger partial charge in [0.15, 0.2) is 0 Å². The van der Waals surface area contributed by atoms with E-state index in [9.17, 15) is 9.18 Å². The quantitative estimate of drug-likeness (QED) is 0.612. The number of hydrogen-bond acceptors (Lipinski definition) is 4. The van der Waals surface area contributed by atoms with Crippen molar-refractivity contribution in [3.05, 3.63) is 29.8 Å². The number of ether oxygens (including phenoxy) is 1. The second-order valence-corrected chi connectivity index (χ2v) is 5.77. The van der Waals surface area contributed by atoms with E-state index in [1.807, 2.05) is 0 Å². The van der Waals surface area contributed by atoms with Crippen molar-refractivity contribution in [2.45, 2.75) is 37.3 Å². The Labute approximate surface area is 117 Å². The molecule has 2 aliphatic heterocycles. The Bertz CT molecular complexity index is 505. The molecule has 0 saturated carbocycles. The highest BCUT2D eigenvalue weighted by atomic mass is 19.1. The van der Waals surface area contributed by atoms with E-state index in [0.717, 1.165) is 24.8 Å². The molecule has 1 aromatic rings. The fourth-order valence-corrected chi connectivity index (χ4v) is 3.87. The number of nitrogens with zero attached hydrogens (tertiary/aromatic N) is 2. The third-order valence-electron chi connectivity index (χ3n) is 4.92. The minimum atomic E-state index is -0.487. The lowest BCUT2D eigenvalue weighted by Crippen LogP contribution is -2.49. The number of halogens is 1. The summed E-state index contributed by atoms with van der Waals surface area (Å²) in [4.78, 5) is 18.2. The van der Waals surface area contributed by atoms with Crippen LogP contribution in [-0.2, 0) is 9.53 Å². The molecule has 2 aliphatic rings. The average molecular weight is 278 g/mol. The predicted molar refractivity (Wildman–Crippen MR) is 71.6 cm³/mol. The molecule has 0 aliphatic carbocycles. The highest BCUT2D eigenvalue weighted by molar-refractivity contribution is 5.75. The van der Waals surface area contributed by atoms with Crippen molar-refractivity contribution in [1.29, 1.82) is 0 Å². The molecular weight excluding hydrogens is 259 g/mol. The molecule has 2 fully saturated rings. The first-order chi connectivity index (χ1) is 9.61. The number of pyridine rings is 1. The van der Waals surface area contributed by atoms with Gasteiger partial charge in [-0.3, -0.25) is 9.69 Å². The van der Waals surface area contributed by atoms with Crippen molar-refractivity contribution < 1.29 is 13.9 Å². The lowest BCUT2D eigenvalue weighted by Gasteiger charge is -2.41. The molecule has 4 nitrogen and oxygen atoms in total. The fourth-order valence-electron chi connectivity index (χ4n) is 3.87. The van der Waals surface area contributed by atoms with Gasteiger partial charge in [-0.25, -0.2) is 4.98 Å². The summed E-state index contributed by atoms with van der Waals surface area (Å²) in [7, 11) is 3.51. The van der Waals surface area contributed by atoms with E-state index in [1.165, 1.54) is 13.2 Å². The summed E-state index contributed by atoms with van der Waals surface area (Å²) in [5.41, 5.74) is 0.937. The summed E-state index contributed by atoms with van der Waals surface area (Å²) in [5, 5.41) is 0. The van der Waals surface area contributed by atoms with E-state index in [2.05, 4.69) is 16.9 Å². The van der Waals surface area contributed by atoms with Crippen molar-refractivity contribution in [2.24, 2.45) is 5.92 Å². The molecule has 4 atom stereocenters. The van der Waals surface area contributed by atoms with Crippen LogP contribution in [0.2, 0.25) is 0 Å². The molecule has 3 rings (SSSR count). The van der Waals surface area contributed by atoms with Gasteiger partial charge in [-0.05, 0) is 37.9 Å². The maximum atomic E-state index is 13.0. The second-order valence-electron chi connectivity index (χ2n) is 5.77. The van der Waals surface area contributed by atoms with Gasteiger partial charge in [0.05, 0.1) is 13.0 Å². The molecule has 3 heterocycles. The Morgan fingerprint density at radius 2 is 2.25 bits per heavy atom. The highest BCUT2D eigenvalue weighted by Crippen LogP contribution is 2.46. The third-order valence-corrected chi connectivity index (χ3v) is 4.92. The lowest BCUT2D eigenvalue weighted by molar-refractivity contribution is -0.150. The summed E-state index contributed by atoms with van der Waals surface area (Å²) in [5.74, 6) is -0.768. The summed E-state index contributed by atoms with van der Waals surface area (Å²) in [6, 6.07) is 3.82. The average Bonchev–Trinajstić information content (AvgIpc) is 2.70. The van der Waals surface area contributed by atoms with E-state index in [0.29, 0.717) is 6.04 Å². The first-order valence-electron chi connectivity index (χ1n) is 7.03. The topological polar surface area (TPSA) is 42.4 Å². The first-order valence-corrected chi connectivity index (χ1v) is 7.03. The highest BCUT2D eigenvalue weighted by Gasteiger charge is 2.49. The number of fused-ring (bicyclic) bond motifs is 2. The number of carbonyl (C=O) groups is 1. The van der Waals surface area contributed by atoms with Crippen LogP contribution in [0.15, 0.2) is 18.3 Å². The van der Waals surface area contributed by atoms with Crippen molar-refractivity contribution in [1.82, 2.24) is 9.88 Å². The van der Waals surface area contributed by atoms with E-state index >= 15 is 0 Å². The third kappa shape index (κ3) is 2.10. The van der Waals surface area contributed by atoms with Crippen LogP contribution in [0.3, 0.4) is 0 Å². The molecule has 2 saturated heterocycles. The smallest absolute Gasteiger partial charge is 0.310 e. The molecule has 2 unspecified atom stereocenters. The Morgan fingerprint density at radius 3 is 2.90 bits per heavy atom. The molecule has 20 heavy (non-hydrogen) atoms. The Morgan fingerprint density at radius 1 is 1.45 bits per heavy atom. The van der Waals surface area contributed by atoms with Gasteiger partial charge in [-0.2, -0.15) is 4.39 Å². The molecule has 0 aromatic carbocycles. The zero-order valence-electron chi connectivity index (χ0n) is 11.8.